The summed E-state index contributed by atoms with van der Waals surface area (Å²) < 4.78 is 0. The Balaban J connectivity index is 2.04. The fourth-order valence-corrected chi connectivity index (χ4v) is 1.94. The van der Waals surface area contributed by atoms with Crippen LogP contribution in [0.1, 0.15) is 16.1 Å². The van der Waals surface area contributed by atoms with Gasteiger partial charge in [0.15, 0.2) is 0 Å². The molecule has 0 bridgehead atoms. The maximum absolute atomic E-state index is 11.9. The molecule has 2 N–H and O–H groups in total. The summed E-state index contributed by atoms with van der Waals surface area (Å²) >= 11 is 1.51. The lowest BCUT2D eigenvalue weighted by Crippen LogP contribution is -2.24. The van der Waals surface area contributed by atoms with Gasteiger partial charge in [-0.1, -0.05) is 0 Å². The predicted octanol–water partition coefficient (Wildman–Crippen LogP) is 1.51. The summed E-state index contributed by atoms with van der Waals surface area (Å²) in [6.45, 7) is 0.431. The van der Waals surface area contributed by atoms with E-state index in [1.165, 1.54) is 11.3 Å². The zero-order valence-corrected chi connectivity index (χ0v) is 10.1. The van der Waals surface area contributed by atoms with E-state index in [0.29, 0.717) is 17.9 Å². The Labute approximate surface area is 103 Å². The highest BCUT2D eigenvalue weighted by atomic mass is 32.1. The Hall–Kier alpha value is -1.95. The normalized spacial score (nSPS) is 9.94. The highest BCUT2D eigenvalue weighted by Crippen LogP contribution is 2.10. The number of pyridine rings is 1. The number of nitrogens with one attached hydrogen (secondary N) is 2. The van der Waals surface area contributed by atoms with Gasteiger partial charge in [-0.25, -0.2) is 9.97 Å². The number of anilines is 1. The fraction of sp³-hybridized carbons (Fsp3) is 0.182. The van der Waals surface area contributed by atoms with Gasteiger partial charge in [-0.3, -0.25) is 4.79 Å². The highest BCUT2D eigenvalue weighted by Gasteiger charge is 2.10. The average Bonchev–Trinajstić information content (AvgIpc) is 2.89. The smallest absolute Gasteiger partial charge is 0.255 e. The van der Waals surface area contributed by atoms with Crippen molar-refractivity contribution in [2.75, 3.05) is 12.4 Å². The van der Waals surface area contributed by atoms with Crippen molar-refractivity contribution >= 4 is 23.1 Å². The van der Waals surface area contributed by atoms with E-state index in [2.05, 4.69) is 20.6 Å². The van der Waals surface area contributed by atoms with E-state index >= 15 is 0 Å². The minimum atomic E-state index is -0.157. The molecule has 0 aliphatic carbocycles. The van der Waals surface area contributed by atoms with Crippen LogP contribution in [-0.2, 0) is 6.54 Å². The maximum atomic E-state index is 11.9. The summed E-state index contributed by atoms with van der Waals surface area (Å²) in [4.78, 5) is 20.1. The molecule has 0 aliphatic heterocycles. The number of rotatable bonds is 4. The van der Waals surface area contributed by atoms with E-state index in [-0.39, 0.29) is 5.91 Å². The first-order valence-electron chi connectivity index (χ1n) is 5.09. The van der Waals surface area contributed by atoms with Crippen LogP contribution in [0.5, 0.6) is 0 Å². The van der Waals surface area contributed by atoms with Crippen molar-refractivity contribution in [2.24, 2.45) is 0 Å². The molecule has 0 fully saturated rings. The van der Waals surface area contributed by atoms with Crippen LogP contribution in [0.15, 0.2) is 29.2 Å². The quantitative estimate of drug-likeness (QED) is 0.860. The average molecular weight is 248 g/mol. The molecule has 0 aliphatic rings. The number of aromatic nitrogens is 2. The monoisotopic (exact) mass is 248 g/mol. The molecule has 0 saturated carbocycles. The van der Waals surface area contributed by atoms with Crippen molar-refractivity contribution in [1.82, 2.24) is 15.3 Å². The van der Waals surface area contributed by atoms with Gasteiger partial charge >= 0.3 is 0 Å². The van der Waals surface area contributed by atoms with Crippen molar-refractivity contribution in [3.05, 3.63) is 40.5 Å². The number of hydrogen-bond acceptors (Lipinski definition) is 5. The predicted molar refractivity (Wildman–Crippen MR) is 67.1 cm³/mol. The standard InChI is InChI=1S/C11H12N4OS/c1-12-10-9(3-2-4-13-10)11(16)14-5-8-6-17-7-15-8/h2-4,6-7H,5H2,1H3,(H,12,13)(H,14,16). The Morgan fingerprint density at radius 2 is 2.35 bits per heavy atom. The van der Waals surface area contributed by atoms with Crippen LogP contribution in [-0.4, -0.2) is 22.9 Å². The molecule has 88 valence electrons. The first-order valence-corrected chi connectivity index (χ1v) is 6.03. The van der Waals surface area contributed by atoms with E-state index in [1.54, 1.807) is 30.9 Å². The van der Waals surface area contributed by atoms with Crippen LogP contribution in [0, 0.1) is 0 Å². The van der Waals surface area contributed by atoms with E-state index in [0.717, 1.165) is 5.69 Å². The summed E-state index contributed by atoms with van der Waals surface area (Å²) in [7, 11) is 1.74. The van der Waals surface area contributed by atoms with E-state index < -0.39 is 0 Å². The second kappa shape index (κ2) is 5.40. The number of hydrogen-bond donors (Lipinski definition) is 2. The van der Waals surface area contributed by atoms with Gasteiger partial charge in [-0.05, 0) is 12.1 Å². The molecule has 1 amide bonds. The molecular weight excluding hydrogens is 236 g/mol. The molecule has 0 atom stereocenters. The van der Waals surface area contributed by atoms with Crippen LogP contribution in [0.3, 0.4) is 0 Å². The number of thiazole rings is 1. The van der Waals surface area contributed by atoms with Gasteiger partial charge in [0.2, 0.25) is 0 Å². The maximum Gasteiger partial charge on any atom is 0.255 e. The van der Waals surface area contributed by atoms with Gasteiger partial charge in [-0.15, -0.1) is 11.3 Å². The second-order valence-corrected chi connectivity index (χ2v) is 4.03. The minimum absolute atomic E-state index is 0.157. The highest BCUT2D eigenvalue weighted by molar-refractivity contribution is 7.07. The third-order valence-corrected chi connectivity index (χ3v) is 2.84. The van der Waals surface area contributed by atoms with Crippen LogP contribution < -0.4 is 10.6 Å². The Bertz CT molecular complexity index is 498. The Morgan fingerprint density at radius 3 is 3.06 bits per heavy atom. The molecule has 0 unspecified atom stereocenters. The van der Waals surface area contributed by atoms with Gasteiger partial charge in [0, 0.05) is 18.6 Å². The molecule has 0 radical (unpaired) electrons. The molecule has 0 saturated heterocycles. The Morgan fingerprint density at radius 1 is 1.47 bits per heavy atom. The van der Waals surface area contributed by atoms with Gasteiger partial charge in [0.05, 0.1) is 23.3 Å². The molecule has 2 aromatic heterocycles. The summed E-state index contributed by atoms with van der Waals surface area (Å²) in [5, 5.41) is 7.59. The SMILES string of the molecule is CNc1ncccc1C(=O)NCc1cscn1. The van der Waals surface area contributed by atoms with Crippen LogP contribution in [0.4, 0.5) is 5.82 Å². The lowest BCUT2D eigenvalue weighted by atomic mass is 10.2. The molecule has 2 rings (SSSR count). The summed E-state index contributed by atoms with van der Waals surface area (Å²) in [6, 6.07) is 3.47. The lowest BCUT2D eigenvalue weighted by Gasteiger charge is -2.07. The van der Waals surface area contributed by atoms with Gasteiger partial charge in [-0.2, -0.15) is 0 Å². The summed E-state index contributed by atoms with van der Waals surface area (Å²) in [6.07, 6.45) is 1.64. The van der Waals surface area contributed by atoms with Gasteiger partial charge < -0.3 is 10.6 Å². The molecule has 0 aromatic carbocycles. The molecule has 6 heteroatoms. The van der Waals surface area contributed by atoms with Crippen LogP contribution in [0.25, 0.3) is 0 Å². The number of amides is 1. The molecule has 5 nitrogen and oxygen atoms in total. The largest absolute Gasteiger partial charge is 0.372 e. The zero-order chi connectivity index (χ0) is 12.1. The van der Waals surface area contributed by atoms with Crippen molar-refractivity contribution in [1.29, 1.82) is 0 Å². The van der Waals surface area contributed by atoms with Crippen LogP contribution in [0.2, 0.25) is 0 Å². The van der Waals surface area contributed by atoms with Crippen molar-refractivity contribution in [2.45, 2.75) is 6.54 Å². The lowest BCUT2D eigenvalue weighted by molar-refractivity contribution is 0.0951. The molecule has 0 spiro atoms. The zero-order valence-electron chi connectivity index (χ0n) is 9.30. The summed E-state index contributed by atoms with van der Waals surface area (Å²) in [5.41, 5.74) is 3.13. The fourth-order valence-electron chi connectivity index (χ4n) is 1.38. The number of nitrogens with zero attached hydrogens (tertiary/aromatic N) is 2. The van der Waals surface area contributed by atoms with Gasteiger partial charge in [0.1, 0.15) is 5.82 Å². The van der Waals surface area contributed by atoms with Crippen molar-refractivity contribution < 1.29 is 4.79 Å². The van der Waals surface area contributed by atoms with Gasteiger partial charge in [0.25, 0.3) is 5.91 Å². The summed E-state index contributed by atoms with van der Waals surface area (Å²) in [5.74, 6) is 0.415. The third-order valence-electron chi connectivity index (χ3n) is 2.20. The minimum Gasteiger partial charge on any atom is -0.372 e. The molecule has 17 heavy (non-hydrogen) atoms. The van der Waals surface area contributed by atoms with E-state index in [1.807, 2.05) is 5.38 Å². The Kier molecular flexibility index (Phi) is 3.66. The first kappa shape index (κ1) is 11.5. The molecule has 2 heterocycles. The third kappa shape index (κ3) is 2.79. The number of carbonyl (C=O) groups excluding carboxylic acids is 1. The number of carbonyl (C=O) groups is 1. The van der Waals surface area contributed by atoms with Crippen molar-refractivity contribution in [3.8, 4) is 0 Å². The molecular formula is C11H12N4OS. The van der Waals surface area contributed by atoms with E-state index in [9.17, 15) is 4.79 Å². The topological polar surface area (TPSA) is 66.9 Å². The first-order chi connectivity index (χ1) is 8.31. The second-order valence-electron chi connectivity index (χ2n) is 3.31. The molecule has 2 aromatic rings. The van der Waals surface area contributed by atoms with Crippen LogP contribution >= 0.6 is 11.3 Å². The van der Waals surface area contributed by atoms with E-state index in [4.69, 9.17) is 0 Å². The van der Waals surface area contributed by atoms with Crippen molar-refractivity contribution in [3.63, 3.8) is 0 Å².